The minimum absolute atomic E-state index is 0.0473. The van der Waals surface area contributed by atoms with Crippen molar-refractivity contribution in [3.63, 3.8) is 0 Å². The van der Waals surface area contributed by atoms with Crippen molar-refractivity contribution in [3.8, 4) is 5.88 Å². The highest BCUT2D eigenvalue weighted by Gasteiger charge is 2.29. The standard InChI is InChI=1S/C18H17F3N4O2/c1-12-24-14-6-2-3-7-15(14)25(12)10-9-22-16(26)13-5-4-8-23-17(13)27-11-18(19,20)21/h2-8H,9-11H2,1H3,(H,22,26). The molecule has 1 aromatic carbocycles. The number of carbonyl (C=O) groups excluding carboxylic acids is 1. The normalized spacial score (nSPS) is 11.6. The molecule has 0 aliphatic rings. The van der Waals surface area contributed by atoms with E-state index in [2.05, 4.69) is 20.0 Å². The number of hydrogen-bond acceptors (Lipinski definition) is 4. The largest absolute Gasteiger partial charge is 0.467 e. The Morgan fingerprint density at radius 3 is 2.78 bits per heavy atom. The molecule has 0 fully saturated rings. The van der Waals surface area contributed by atoms with Gasteiger partial charge in [-0.2, -0.15) is 13.2 Å². The Hall–Kier alpha value is -3.10. The number of amides is 1. The Kier molecular flexibility index (Phi) is 5.29. The van der Waals surface area contributed by atoms with Gasteiger partial charge in [0.25, 0.3) is 5.91 Å². The SMILES string of the molecule is Cc1nc2ccccc2n1CCNC(=O)c1cccnc1OCC(F)(F)F. The molecule has 3 aromatic rings. The van der Waals surface area contributed by atoms with E-state index in [9.17, 15) is 18.0 Å². The zero-order chi connectivity index (χ0) is 19.4. The number of aryl methyl sites for hydroxylation is 1. The van der Waals surface area contributed by atoms with Crippen LogP contribution in [0.1, 0.15) is 16.2 Å². The van der Waals surface area contributed by atoms with E-state index >= 15 is 0 Å². The van der Waals surface area contributed by atoms with E-state index < -0.39 is 18.7 Å². The van der Waals surface area contributed by atoms with Gasteiger partial charge in [-0.3, -0.25) is 4.79 Å². The van der Waals surface area contributed by atoms with Gasteiger partial charge in [0.15, 0.2) is 6.61 Å². The summed E-state index contributed by atoms with van der Waals surface area (Å²) in [6, 6.07) is 10.5. The molecule has 0 unspecified atom stereocenters. The van der Waals surface area contributed by atoms with Crippen LogP contribution in [-0.4, -0.2) is 39.8 Å². The van der Waals surface area contributed by atoms with Gasteiger partial charge < -0.3 is 14.6 Å². The Morgan fingerprint density at radius 1 is 1.22 bits per heavy atom. The lowest BCUT2D eigenvalue weighted by Crippen LogP contribution is -2.28. The number of nitrogens with one attached hydrogen (secondary N) is 1. The third-order valence-corrected chi connectivity index (χ3v) is 3.85. The van der Waals surface area contributed by atoms with Crippen LogP contribution < -0.4 is 10.1 Å². The number of para-hydroxylation sites is 2. The van der Waals surface area contributed by atoms with Crippen LogP contribution in [0.4, 0.5) is 13.2 Å². The molecule has 0 saturated heterocycles. The van der Waals surface area contributed by atoms with E-state index in [-0.39, 0.29) is 18.0 Å². The summed E-state index contributed by atoms with van der Waals surface area (Å²) in [7, 11) is 0. The van der Waals surface area contributed by atoms with Gasteiger partial charge >= 0.3 is 6.18 Å². The predicted octanol–water partition coefficient (Wildman–Crippen LogP) is 3.11. The molecule has 2 heterocycles. The monoisotopic (exact) mass is 378 g/mol. The molecule has 0 bridgehead atoms. The Balaban J connectivity index is 1.65. The van der Waals surface area contributed by atoms with Crippen molar-refractivity contribution in [1.29, 1.82) is 0 Å². The number of hydrogen-bond donors (Lipinski definition) is 1. The van der Waals surface area contributed by atoms with E-state index in [0.29, 0.717) is 6.54 Å². The molecule has 0 radical (unpaired) electrons. The fourth-order valence-corrected chi connectivity index (χ4v) is 2.68. The zero-order valence-corrected chi connectivity index (χ0v) is 14.5. The molecule has 2 aromatic heterocycles. The maximum atomic E-state index is 12.3. The van der Waals surface area contributed by atoms with Crippen molar-refractivity contribution in [2.75, 3.05) is 13.2 Å². The van der Waals surface area contributed by atoms with Gasteiger partial charge in [-0.05, 0) is 31.2 Å². The van der Waals surface area contributed by atoms with Gasteiger partial charge in [0.05, 0.1) is 11.0 Å². The van der Waals surface area contributed by atoms with Crippen molar-refractivity contribution in [2.24, 2.45) is 0 Å². The second-order valence-corrected chi connectivity index (χ2v) is 5.82. The Labute approximate surface area is 153 Å². The Morgan fingerprint density at radius 2 is 2.00 bits per heavy atom. The van der Waals surface area contributed by atoms with Gasteiger partial charge in [0.2, 0.25) is 5.88 Å². The highest BCUT2D eigenvalue weighted by atomic mass is 19.4. The quantitative estimate of drug-likeness (QED) is 0.716. The maximum Gasteiger partial charge on any atom is 0.422 e. The minimum Gasteiger partial charge on any atom is -0.467 e. The van der Waals surface area contributed by atoms with Gasteiger partial charge in [0, 0.05) is 19.3 Å². The molecule has 0 spiro atoms. The molecule has 3 rings (SSSR count). The van der Waals surface area contributed by atoms with Crippen LogP contribution in [-0.2, 0) is 6.54 Å². The summed E-state index contributed by atoms with van der Waals surface area (Å²) in [6.45, 7) is 1.10. The second kappa shape index (κ2) is 7.65. The number of benzene rings is 1. The van der Waals surface area contributed by atoms with Crippen LogP contribution in [0.3, 0.4) is 0 Å². The number of alkyl halides is 3. The van der Waals surface area contributed by atoms with Gasteiger partial charge in [-0.15, -0.1) is 0 Å². The lowest BCUT2D eigenvalue weighted by atomic mass is 10.2. The zero-order valence-electron chi connectivity index (χ0n) is 14.5. The average molecular weight is 378 g/mol. The molecule has 1 amide bonds. The van der Waals surface area contributed by atoms with Crippen LogP contribution in [0.2, 0.25) is 0 Å². The van der Waals surface area contributed by atoms with Crippen molar-refractivity contribution < 1.29 is 22.7 Å². The number of fused-ring (bicyclic) bond motifs is 1. The first kappa shape index (κ1) is 18.7. The van der Waals surface area contributed by atoms with E-state index in [1.807, 2.05) is 35.8 Å². The Bertz CT molecular complexity index is 953. The summed E-state index contributed by atoms with van der Waals surface area (Å²) in [6.07, 6.45) is -3.24. The summed E-state index contributed by atoms with van der Waals surface area (Å²) in [5.41, 5.74) is 1.75. The molecular formula is C18H17F3N4O2. The summed E-state index contributed by atoms with van der Waals surface area (Å²) >= 11 is 0. The molecule has 0 aliphatic carbocycles. The molecule has 0 aliphatic heterocycles. The minimum atomic E-state index is -4.51. The molecule has 27 heavy (non-hydrogen) atoms. The number of pyridine rings is 1. The van der Waals surface area contributed by atoms with E-state index in [4.69, 9.17) is 0 Å². The number of aromatic nitrogens is 3. The van der Waals surface area contributed by atoms with E-state index in [0.717, 1.165) is 16.9 Å². The fraction of sp³-hybridized carbons (Fsp3) is 0.278. The van der Waals surface area contributed by atoms with Gasteiger partial charge in [0.1, 0.15) is 11.4 Å². The van der Waals surface area contributed by atoms with Crippen LogP contribution in [0, 0.1) is 6.92 Å². The third-order valence-electron chi connectivity index (χ3n) is 3.85. The lowest BCUT2D eigenvalue weighted by Gasteiger charge is -2.12. The third kappa shape index (κ3) is 4.55. The van der Waals surface area contributed by atoms with Crippen LogP contribution in [0.25, 0.3) is 11.0 Å². The van der Waals surface area contributed by atoms with Crippen molar-refractivity contribution in [3.05, 3.63) is 54.0 Å². The summed E-state index contributed by atoms with van der Waals surface area (Å²) in [5.74, 6) is -0.0973. The van der Waals surface area contributed by atoms with E-state index in [1.165, 1.54) is 18.3 Å². The molecule has 0 atom stereocenters. The molecular weight excluding hydrogens is 361 g/mol. The lowest BCUT2D eigenvalue weighted by molar-refractivity contribution is -0.154. The topological polar surface area (TPSA) is 69.0 Å². The van der Waals surface area contributed by atoms with Crippen LogP contribution >= 0.6 is 0 Å². The first-order chi connectivity index (χ1) is 12.8. The predicted molar refractivity (Wildman–Crippen MR) is 92.6 cm³/mol. The number of nitrogens with zero attached hydrogens (tertiary/aromatic N) is 3. The first-order valence-corrected chi connectivity index (χ1v) is 8.20. The molecule has 1 N–H and O–H groups in total. The summed E-state index contributed by atoms with van der Waals surface area (Å²) in [4.78, 5) is 20.5. The number of imidazole rings is 1. The second-order valence-electron chi connectivity index (χ2n) is 5.82. The highest BCUT2D eigenvalue weighted by Crippen LogP contribution is 2.20. The molecule has 9 heteroatoms. The first-order valence-electron chi connectivity index (χ1n) is 8.20. The molecule has 142 valence electrons. The smallest absolute Gasteiger partial charge is 0.422 e. The van der Waals surface area contributed by atoms with Crippen LogP contribution in [0.5, 0.6) is 5.88 Å². The fourth-order valence-electron chi connectivity index (χ4n) is 2.68. The number of halogens is 3. The highest BCUT2D eigenvalue weighted by molar-refractivity contribution is 5.96. The number of carbonyl (C=O) groups is 1. The summed E-state index contributed by atoms with van der Waals surface area (Å²) in [5, 5.41) is 2.68. The summed E-state index contributed by atoms with van der Waals surface area (Å²) < 4.78 is 43.6. The van der Waals surface area contributed by atoms with E-state index in [1.54, 1.807) is 0 Å². The van der Waals surface area contributed by atoms with Crippen molar-refractivity contribution in [2.45, 2.75) is 19.6 Å². The van der Waals surface area contributed by atoms with Crippen molar-refractivity contribution in [1.82, 2.24) is 19.9 Å². The van der Waals surface area contributed by atoms with Gasteiger partial charge in [-0.1, -0.05) is 12.1 Å². The molecule has 0 saturated carbocycles. The number of rotatable bonds is 6. The van der Waals surface area contributed by atoms with Gasteiger partial charge in [-0.25, -0.2) is 9.97 Å². The van der Waals surface area contributed by atoms with Crippen molar-refractivity contribution >= 4 is 16.9 Å². The number of ether oxygens (including phenoxy) is 1. The van der Waals surface area contributed by atoms with Crippen LogP contribution in [0.15, 0.2) is 42.6 Å². The maximum absolute atomic E-state index is 12.3. The molecule has 6 nitrogen and oxygen atoms in total. The average Bonchev–Trinajstić information content (AvgIpc) is 2.95.